The van der Waals surface area contributed by atoms with E-state index in [0.29, 0.717) is 18.1 Å². The third kappa shape index (κ3) is 5.66. The van der Waals surface area contributed by atoms with Gasteiger partial charge in [-0.2, -0.15) is 0 Å². The Bertz CT molecular complexity index is 983. The number of thiazole rings is 1. The van der Waals surface area contributed by atoms with Gasteiger partial charge in [-0.05, 0) is 31.4 Å². The van der Waals surface area contributed by atoms with Crippen LogP contribution in [0.25, 0.3) is 0 Å². The third-order valence-electron chi connectivity index (χ3n) is 3.85. The van der Waals surface area contributed by atoms with Crippen molar-refractivity contribution >= 4 is 22.5 Å². The van der Waals surface area contributed by atoms with Crippen molar-refractivity contribution < 1.29 is 4.79 Å². The molecule has 0 aliphatic rings. The molecule has 0 aliphatic heterocycles. The van der Waals surface area contributed by atoms with E-state index in [0.717, 1.165) is 34.8 Å². The number of pyridine rings is 1. The number of carbonyl (C=O) groups excluding carboxylic acids is 1. The van der Waals surface area contributed by atoms with Gasteiger partial charge in [0.15, 0.2) is 5.13 Å². The fraction of sp³-hybridized carbons (Fsp3) is 0.300. The van der Waals surface area contributed by atoms with Crippen LogP contribution >= 0.6 is 11.3 Å². The van der Waals surface area contributed by atoms with E-state index in [9.17, 15) is 4.79 Å². The molecule has 3 aromatic heterocycles. The topological polar surface area (TPSA) is 84.7 Å². The maximum Gasteiger partial charge on any atom is 0.321 e. The molecule has 7 nitrogen and oxygen atoms in total. The summed E-state index contributed by atoms with van der Waals surface area (Å²) < 4.78 is 2.06. The van der Waals surface area contributed by atoms with Crippen LogP contribution in [0.15, 0.2) is 37.1 Å². The van der Waals surface area contributed by atoms with Crippen LogP contribution in [0.5, 0.6) is 0 Å². The van der Waals surface area contributed by atoms with Crippen molar-refractivity contribution in [2.75, 3.05) is 11.9 Å². The Balaban J connectivity index is 1.49. The smallest absolute Gasteiger partial charge is 0.321 e. The lowest BCUT2D eigenvalue weighted by atomic mass is 10.2. The van der Waals surface area contributed by atoms with E-state index >= 15 is 0 Å². The van der Waals surface area contributed by atoms with Gasteiger partial charge in [0.2, 0.25) is 0 Å². The molecular formula is C20H22N6OS. The standard InChI is InChI=1S/C20H22N6OS/c1-3-12-26-13-17(23-14-26)8-11-22-19(27)25-20-24-15(2)18(28-20)5-4-16-6-9-21-10-7-16/h6-7,9-10,13-14H,3,8,11-12H2,1-2H3,(H2,22,24,25,27). The van der Waals surface area contributed by atoms with Crippen molar-refractivity contribution in [3.63, 3.8) is 0 Å². The Morgan fingerprint density at radius 1 is 1.29 bits per heavy atom. The molecule has 0 radical (unpaired) electrons. The second kappa shape index (κ2) is 9.67. The summed E-state index contributed by atoms with van der Waals surface area (Å²) in [5.74, 6) is 6.17. The number of amides is 2. The number of rotatable bonds is 6. The first-order valence-corrected chi connectivity index (χ1v) is 9.90. The molecule has 144 valence electrons. The van der Waals surface area contributed by atoms with Crippen molar-refractivity contribution in [3.05, 3.63) is 58.9 Å². The first-order chi connectivity index (χ1) is 13.6. The predicted octanol–water partition coefficient (Wildman–Crippen LogP) is 3.22. The van der Waals surface area contributed by atoms with Gasteiger partial charge in [0.25, 0.3) is 0 Å². The molecule has 2 amide bonds. The third-order valence-corrected chi connectivity index (χ3v) is 4.84. The van der Waals surface area contributed by atoms with E-state index in [4.69, 9.17) is 0 Å². The minimum Gasteiger partial charge on any atom is -0.337 e. The van der Waals surface area contributed by atoms with Gasteiger partial charge in [0, 0.05) is 43.7 Å². The molecule has 0 unspecified atom stereocenters. The summed E-state index contributed by atoms with van der Waals surface area (Å²) >= 11 is 1.36. The molecule has 0 saturated carbocycles. The quantitative estimate of drug-likeness (QED) is 0.629. The van der Waals surface area contributed by atoms with Crippen LogP contribution in [-0.4, -0.2) is 32.1 Å². The SMILES string of the molecule is CCCn1cnc(CCNC(=O)Nc2nc(C)c(C#Cc3ccncc3)s2)c1. The number of nitrogens with one attached hydrogen (secondary N) is 2. The van der Waals surface area contributed by atoms with Gasteiger partial charge < -0.3 is 9.88 Å². The van der Waals surface area contributed by atoms with E-state index in [1.165, 1.54) is 11.3 Å². The number of nitrogens with zero attached hydrogens (tertiary/aromatic N) is 4. The van der Waals surface area contributed by atoms with Gasteiger partial charge in [-0.15, -0.1) is 0 Å². The van der Waals surface area contributed by atoms with Crippen LogP contribution in [0.1, 0.15) is 35.2 Å². The molecule has 0 atom stereocenters. The van der Waals surface area contributed by atoms with Crippen molar-refractivity contribution in [3.8, 4) is 11.8 Å². The number of anilines is 1. The number of carbonyl (C=O) groups is 1. The second-order valence-electron chi connectivity index (χ2n) is 6.15. The first kappa shape index (κ1) is 19.6. The lowest BCUT2D eigenvalue weighted by Gasteiger charge is -2.03. The minimum atomic E-state index is -0.282. The van der Waals surface area contributed by atoms with Crippen LogP contribution in [-0.2, 0) is 13.0 Å². The average Bonchev–Trinajstić information content (AvgIpc) is 3.27. The van der Waals surface area contributed by atoms with Crippen molar-refractivity contribution in [1.82, 2.24) is 24.8 Å². The zero-order chi connectivity index (χ0) is 19.8. The maximum atomic E-state index is 12.1. The molecule has 0 spiro atoms. The molecule has 3 rings (SSSR count). The summed E-state index contributed by atoms with van der Waals surface area (Å²) in [5, 5.41) is 6.13. The van der Waals surface area contributed by atoms with Crippen LogP contribution < -0.4 is 10.6 Å². The monoisotopic (exact) mass is 394 g/mol. The van der Waals surface area contributed by atoms with Crippen molar-refractivity contribution in [2.45, 2.75) is 33.2 Å². The van der Waals surface area contributed by atoms with E-state index in [-0.39, 0.29) is 6.03 Å². The summed E-state index contributed by atoms with van der Waals surface area (Å²) in [4.78, 5) is 25.6. The number of hydrogen-bond donors (Lipinski definition) is 2. The average molecular weight is 395 g/mol. The van der Waals surface area contributed by atoms with E-state index in [2.05, 4.69) is 48.9 Å². The van der Waals surface area contributed by atoms with Gasteiger partial charge in [-0.1, -0.05) is 24.2 Å². The Hall–Kier alpha value is -3.18. The molecular weight excluding hydrogens is 372 g/mol. The van der Waals surface area contributed by atoms with Gasteiger partial charge >= 0.3 is 6.03 Å². The maximum absolute atomic E-state index is 12.1. The molecule has 3 aromatic rings. The van der Waals surface area contributed by atoms with Crippen LogP contribution in [0.2, 0.25) is 0 Å². The number of aryl methyl sites for hydroxylation is 2. The number of imidazole rings is 1. The summed E-state index contributed by atoms with van der Waals surface area (Å²) in [5.41, 5.74) is 2.65. The Morgan fingerprint density at radius 2 is 2.11 bits per heavy atom. The first-order valence-electron chi connectivity index (χ1n) is 9.09. The summed E-state index contributed by atoms with van der Waals surface area (Å²) in [7, 11) is 0. The predicted molar refractivity (Wildman–Crippen MR) is 110 cm³/mol. The molecule has 8 heteroatoms. The Kier molecular flexibility index (Phi) is 6.76. The summed E-state index contributed by atoms with van der Waals surface area (Å²) in [6, 6.07) is 3.41. The summed E-state index contributed by atoms with van der Waals surface area (Å²) in [6.45, 7) is 5.47. The molecule has 0 bridgehead atoms. The lowest BCUT2D eigenvalue weighted by Crippen LogP contribution is -2.30. The van der Waals surface area contributed by atoms with Crippen LogP contribution in [0.3, 0.4) is 0 Å². The molecule has 0 saturated heterocycles. The highest BCUT2D eigenvalue weighted by molar-refractivity contribution is 7.16. The van der Waals surface area contributed by atoms with Crippen molar-refractivity contribution in [2.24, 2.45) is 0 Å². The Labute approximate surface area is 168 Å². The molecule has 0 aromatic carbocycles. The summed E-state index contributed by atoms with van der Waals surface area (Å²) in [6.07, 6.45) is 9.00. The number of aromatic nitrogens is 4. The van der Waals surface area contributed by atoms with E-state index in [1.54, 1.807) is 12.4 Å². The lowest BCUT2D eigenvalue weighted by molar-refractivity contribution is 0.252. The highest BCUT2D eigenvalue weighted by atomic mass is 32.1. The minimum absolute atomic E-state index is 0.282. The fourth-order valence-electron chi connectivity index (χ4n) is 2.49. The van der Waals surface area contributed by atoms with Gasteiger partial charge in [0.1, 0.15) is 4.88 Å². The van der Waals surface area contributed by atoms with Crippen molar-refractivity contribution in [1.29, 1.82) is 0 Å². The fourth-order valence-corrected chi connectivity index (χ4v) is 3.31. The van der Waals surface area contributed by atoms with Gasteiger partial charge in [0.05, 0.1) is 17.7 Å². The second-order valence-corrected chi connectivity index (χ2v) is 7.15. The highest BCUT2D eigenvalue weighted by Crippen LogP contribution is 2.21. The molecule has 2 N–H and O–H groups in total. The zero-order valence-electron chi connectivity index (χ0n) is 15.9. The largest absolute Gasteiger partial charge is 0.337 e. The molecule has 0 fully saturated rings. The zero-order valence-corrected chi connectivity index (χ0v) is 16.7. The number of urea groups is 1. The van der Waals surface area contributed by atoms with Gasteiger partial charge in [-0.25, -0.2) is 14.8 Å². The number of hydrogen-bond acceptors (Lipinski definition) is 5. The van der Waals surface area contributed by atoms with E-state index < -0.39 is 0 Å². The molecule has 3 heterocycles. The highest BCUT2D eigenvalue weighted by Gasteiger charge is 2.09. The van der Waals surface area contributed by atoms with Crippen LogP contribution in [0.4, 0.5) is 9.93 Å². The Morgan fingerprint density at radius 3 is 2.89 bits per heavy atom. The van der Waals surface area contributed by atoms with Crippen LogP contribution in [0, 0.1) is 18.8 Å². The normalized spacial score (nSPS) is 10.2. The van der Waals surface area contributed by atoms with E-state index in [1.807, 2.05) is 31.6 Å². The van der Waals surface area contributed by atoms with Gasteiger partial charge in [-0.3, -0.25) is 10.3 Å². The molecule has 28 heavy (non-hydrogen) atoms. The molecule has 0 aliphatic carbocycles.